The van der Waals surface area contributed by atoms with Crippen LogP contribution in [0.15, 0.2) is 28.7 Å². The number of halogens is 2. The number of hydrogen-bond acceptors (Lipinski definition) is 2. The third-order valence-corrected chi connectivity index (χ3v) is 3.71. The molecule has 1 heterocycles. The van der Waals surface area contributed by atoms with E-state index in [-0.39, 0.29) is 11.9 Å². The van der Waals surface area contributed by atoms with Gasteiger partial charge in [-0.3, -0.25) is 4.68 Å². The molecule has 2 rings (SSSR count). The van der Waals surface area contributed by atoms with Crippen LogP contribution in [0.4, 0.5) is 4.39 Å². The first-order valence-electron chi connectivity index (χ1n) is 5.67. The van der Waals surface area contributed by atoms with Crippen molar-refractivity contribution in [2.75, 3.05) is 0 Å². The van der Waals surface area contributed by atoms with Crippen LogP contribution in [0.2, 0.25) is 0 Å². The lowest BCUT2D eigenvalue weighted by Crippen LogP contribution is -2.14. The Kier molecular flexibility index (Phi) is 3.82. The minimum atomic E-state index is -0.257. The number of hydrogen-bond donors (Lipinski definition) is 1. The van der Waals surface area contributed by atoms with E-state index < -0.39 is 0 Å². The standard InChI is InChI=1S/C13H15BrFN3/c1-8-5-13(17-18(8)2)12(16)6-9-3-4-10(15)7-11(9)14/h3-5,7,12H,6,16H2,1-2H3. The smallest absolute Gasteiger partial charge is 0.124 e. The summed E-state index contributed by atoms with van der Waals surface area (Å²) in [5.41, 5.74) is 9.03. The third-order valence-electron chi connectivity index (χ3n) is 2.97. The van der Waals surface area contributed by atoms with E-state index in [1.807, 2.05) is 20.0 Å². The van der Waals surface area contributed by atoms with Gasteiger partial charge >= 0.3 is 0 Å². The fourth-order valence-corrected chi connectivity index (χ4v) is 2.31. The Bertz CT molecular complexity index is 546. The minimum Gasteiger partial charge on any atom is -0.322 e. The van der Waals surface area contributed by atoms with E-state index >= 15 is 0 Å². The summed E-state index contributed by atoms with van der Waals surface area (Å²) in [7, 11) is 1.89. The molecule has 0 aliphatic rings. The van der Waals surface area contributed by atoms with Gasteiger partial charge in [0.25, 0.3) is 0 Å². The lowest BCUT2D eigenvalue weighted by atomic mass is 10.0. The molecule has 2 N–H and O–H groups in total. The average molecular weight is 312 g/mol. The summed E-state index contributed by atoms with van der Waals surface area (Å²) in [5.74, 6) is -0.257. The first kappa shape index (κ1) is 13.2. The van der Waals surface area contributed by atoms with Crippen LogP contribution in [0, 0.1) is 12.7 Å². The van der Waals surface area contributed by atoms with Gasteiger partial charge < -0.3 is 5.73 Å². The van der Waals surface area contributed by atoms with Crippen LogP contribution >= 0.6 is 15.9 Å². The lowest BCUT2D eigenvalue weighted by Gasteiger charge is -2.10. The van der Waals surface area contributed by atoms with Crippen molar-refractivity contribution in [1.29, 1.82) is 0 Å². The SMILES string of the molecule is Cc1cc(C(N)Cc2ccc(F)cc2Br)nn1C. The summed E-state index contributed by atoms with van der Waals surface area (Å²) in [6.45, 7) is 1.98. The van der Waals surface area contributed by atoms with E-state index in [1.54, 1.807) is 10.7 Å². The highest BCUT2D eigenvalue weighted by Crippen LogP contribution is 2.23. The Morgan fingerprint density at radius 3 is 2.72 bits per heavy atom. The number of rotatable bonds is 3. The maximum absolute atomic E-state index is 13.0. The van der Waals surface area contributed by atoms with Crippen molar-refractivity contribution in [3.63, 3.8) is 0 Å². The van der Waals surface area contributed by atoms with Crippen LogP contribution in [-0.4, -0.2) is 9.78 Å². The molecule has 1 atom stereocenters. The molecule has 1 aromatic heterocycles. The molecule has 3 nitrogen and oxygen atoms in total. The molecule has 0 aliphatic heterocycles. The summed E-state index contributed by atoms with van der Waals surface area (Å²) >= 11 is 3.35. The van der Waals surface area contributed by atoms with E-state index in [1.165, 1.54) is 12.1 Å². The highest BCUT2D eigenvalue weighted by molar-refractivity contribution is 9.10. The van der Waals surface area contributed by atoms with Crippen LogP contribution in [0.3, 0.4) is 0 Å². The van der Waals surface area contributed by atoms with Gasteiger partial charge in [-0.1, -0.05) is 22.0 Å². The maximum atomic E-state index is 13.0. The second kappa shape index (κ2) is 5.20. The zero-order valence-corrected chi connectivity index (χ0v) is 11.9. The molecule has 1 aromatic carbocycles. The molecule has 0 radical (unpaired) electrons. The Hall–Kier alpha value is -1.20. The first-order valence-corrected chi connectivity index (χ1v) is 6.46. The second-order valence-electron chi connectivity index (χ2n) is 4.38. The molecule has 18 heavy (non-hydrogen) atoms. The van der Waals surface area contributed by atoms with Crippen molar-refractivity contribution >= 4 is 15.9 Å². The van der Waals surface area contributed by atoms with Gasteiger partial charge in [-0.05, 0) is 37.1 Å². The van der Waals surface area contributed by atoms with Gasteiger partial charge in [-0.2, -0.15) is 5.10 Å². The van der Waals surface area contributed by atoms with Gasteiger partial charge in [-0.15, -0.1) is 0 Å². The average Bonchev–Trinajstić information content (AvgIpc) is 2.63. The summed E-state index contributed by atoms with van der Waals surface area (Å²) in [6.07, 6.45) is 0.622. The van der Waals surface area contributed by atoms with E-state index in [0.29, 0.717) is 6.42 Å². The molecule has 0 spiro atoms. The minimum absolute atomic E-state index is 0.188. The van der Waals surface area contributed by atoms with Gasteiger partial charge in [0.2, 0.25) is 0 Å². The Labute approximate surface area is 114 Å². The molecular formula is C13H15BrFN3. The molecule has 0 bridgehead atoms. The monoisotopic (exact) mass is 311 g/mol. The highest BCUT2D eigenvalue weighted by Gasteiger charge is 2.13. The maximum Gasteiger partial charge on any atom is 0.124 e. The molecule has 0 aliphatic carbocycles. The summed E-state index contributed by atoms with van der Waals surface area (Å²) < 4.78 is 15.5. The largest absolute Gasteiger partial charge is 0.322 e. The van der Waals surface area contributed by atoms with Crippen molar-refractivity contribution in [2.45, 2.75) is 19.4 Å². The lowest BCUT2D eigenvalue weighted by molar-refractivity contribution is 0.622. The molecule has 5 heteroatoms. The number of benzene rings is 1. The zero-order valence-electron chi connectivity index (χ0n) is 10.3. The van der Waals surface area contributed by atoms with Crippen LogP contribution in [0.5, 0.6) is 0 Å². The summed E-state index contributed by atoms with van der Waals surface area (Å²) in [4.78, 5) is 0. The van der Waals surface area contributed by atoms with Crippen molar-refractivity contribution < 1.29 is 4.39 Å². The quantitative estimate of drug-likeness (QED) is 0.947. The molecule has 0 fully saturated rings. The summed E-state index contributed by atoms with van der Waals surface area (Å²) in [6, 6.07) is 6.42. The first-order chi connectivity index (χ1) is 8.47. The molecule has 96 valence electrons. The van der Waals surface area contributed by atoms with Crippen molar-refractivity contribution in [3.05, 3.63) is 51.5 Å². The van der Waals surface area contributed by atoms with Crippen molar-refractivity contribution in [2.24, 2.45) is 12.8 Å². The Balaban J connectivity index is 2.18. The van der Waals surface area contributed by atoms with Crippen molar-refractivity contribution in [3.8, 4) is 0 Å². The summed E-state index contributed by atoms with van der Waals surface area (Å²) in [5, 5.41) is 4.36. The predicted octanol–water partition coefficient (Wildman–Crippen LogP) is 2.87. The number of aromatic nitrogens is 2. The fraction of sp³-hybridized carbons (Fsp3) is 0.308. The fourth-order valence-electron chi connectivity index (χ4n) is 1.80. The molecular weight excluding hydrogens is 297 g/mol. The van der Waals surface area contributed by atoms with Gasteiger partial charge in [0, 0.05) is 17.2 Å². The topological polar surface area (TPSA) is 43.8 Å². The van der Waals surface area contributed by atoms with E-state index in [4.69, 9.17) is 5.73 Å². The molecule has 1 unspecified atom stereocenters. The van der Waals surface area contributed by atoms with Gasteiger partial charge in [0.1, 0.15) is 5.82 Å². The molecule has 0 saturated heterocycles. The number of nitrogens with zero attached hydrogens (tertiary/aromatic N) is 2. The van der Waals surface area contributed by atoms with Crippen LogP contribution in [-0.2, 0) is 13.5 Å². The van der Waals surface area contributed by atoms with Crippen LogP contribution in [0.25, 0.3) is 0 Å². The van der Waals surface area contributed by atoms with Gasteiger partial charge in [0.05, 0.1) is 11.7 Å². The van der Waals surface area contributed by atoms with Crippen LogP contribution < -0.4 is 5.73 Å². The predicted molar refractivity (Wildman–Crippen MR) is 72.7 cm³/mol. The normalized spacial score (nSPS) is 12.7. The van der Waals surface area contributed by atoms with E-state index in [2.05, 4.69) is 21.0 Å². The number of aryl methyl sites for hydroxylation is 2. The van der Waals surface area contributed by atoms with Crippen molar-refractivity contribution in [1.82, 2.24) is 9.78 Å². The molecule has 0 amide bonds. The van der Waals surface area contributed by atoms with Gasteiger partial charge in [-0.25, -0.2) is 4.39 Å². The molecule has 0 saturated carbocycles. The van der Waals surface area contributed by atoms with Crippen LogP contribution in [0.1, 0.15) is 23.0 Å². The second-order valence-corrected chi connectivity index (χ2v) is 5.23. The van der Waals surface area contributed by atoms with E-state index in [0.717, 1.165) is 21.4 Å². The van der Waals surface area contributed by atoms with E-state index in [9.17, 15) is 4.39 Å². The number of nitrogens with two attached hydrogens (primary N) is 1. The Morgan fingerprint density at radius 2 is 2.17 bits per heavy atom. The highest BCUT2D eigenvalue weighted by atomic mass is 79.9. The van der Waals surface area contributed by atoms with Gasteiger partial charge in [0.15, 0.2) is 0 Å². The zero-order chi connectivity index (χ0) is 13.3. The molecule has 2 aromatic rings. The third kappa shape index (κ3) is 2.79. The Morgan fingerprint density at radius 1 is 1.44 bits per heavy atom.